The van der Waals surface area contributed by atoms with Crippen molar-refractivity contribution in [1.29, 1.82) is 0 Å². The van der Waals surface area contributed by atoms with Crippen LogP contribution in [0.25, 0.3) is 0 Å². The minimum absolute atomic E-state index is 0.122. The van der Waals surface area contributed by atoms with Gasteiger partial charge >= 0.3 is 0 Å². The molecule has 164 valence electrons. The lowest BCUT2D eigenvalue weighted by molar-refractivity contribution is 0.589. The fraction of sp³-hybridized carbons (Fsp3) is 0.379. The summed E-state index contributed by atoms with van der Waals surface area (Å²) in [6.07, 6.45) is 0. The quantitative estimate of drug-likeness (QED) is 0.175. The maximum absolute atomic E-state index is 2.52. The van der Waals surface area contributed by atoms with Gasteiger partial charge in [0.05, 0.1) is 10.9 Å². The van der Waals surface area contributed by atoms with E-state index in [1.165, 1.54) is 31.4 Å². The van der Waals surface area contributed by atoms with Gasteiger partial charge in [-0.25, -0.2) is 0 Å². The third-order valence-corrected chi connectivity index (χ3v) is 8.54. The van der Waals surface area contributed by atoms with Crippen molar-refractivity contribution in [3.05, 3.63) is 89.5 Å². The molecule has 0 atom stereocenters. The second-order valence-corrected chi connectivity index (χ2v) is 15.6. The second kappa shape index (κ2) is 8.94. The van der Waals surface area contributed by atoms with Crippen LogP contribution in [0.4, 0.5) is 0 Å². The molecule has 0 aromatic heterocycles. The van der Waals surface area contributed by atoms with E-state index in [1.54, 1.807) is 0 Å². The van der Waals surface area contributed by atoms with Crippen LogP contribution < -0.4 is 0 Å². The van der Waals surface area contributed by atoms with Crippen molar-refractivity contribution < 1.29 is 0 Å². The molecule has 0 radical (unpaired) electrons. The molecule has 0 spiro atoms. The first kappa shape index (κ1) is 24.4. The van der Waals surface area contributed by atoms with Crippen molar-refractivity contribution in [2.75, 3.05) is 0 Å². The maximum Gasteiger partial charge on any atom is 0.166 e. The first-order chi connectivity index (χ1) is 14.3. The normalized spacial score (nSPS) is 13.0. The topological polar surface area (TPSA) is 0 Å². The Bertz CT molecular complexity index is 857. The van der Waals surface area contributed by atoms with Crippen LogP contribution in [-0.2, 0) is 25.1 Å². The van der Waals surface area contributed by atoms with Crippen LogP contribution in [0.1, 0.15) is 72.1 Å². The van der Waals surface area contributed by atoms with E-state index in [9.17, 15) is 0 Å². The number of hydrogen-bond acceptors (Lipinski definition) is 0. The summed E-state index contributed by atoms with van der Waals surface area (Å²) >= 11 is 2.52. The van der Waals surface area contributed by atoms with Crippen molar-refractivity contribution >= 4 is 33.5 Å². The zero-order valence-corrected chi connectivity index (χ0v) is 23.2. The summed E-state index contributed by atoms with van der Waals surface area (Å²) in [4.78, 5) is 4.12. The largest absolute Gasteiger partial charge is 0.166 e. The van der Waals surface area contributed by atoms with E-state index in [0.29, 0.717) is 0 Å². The summed E-state index contributed by atoms with van der Waals surface area (Å²) in [5.41, 5.74) is 4.46. The Labute approximate surface area is 206 Å². The van der Waals surface area contributed by atoms with E-state index in [4.69, 9.17) is 0 Å². The van der Waals surface area contributed by atoms with Gasteiger partial charge in [-0.2, -0.15) is 0 Å². The van der Waals surface area contributed by atoms with Crippen LogP contribution in [0.15, 0.2) is 87.5 Å². The summed E-state index contributed by atoms with van der Waals surface area (Å²) in [6, 6.07) is 27.8. The molecule has 31 heavy (non-hydrogen) atoms. The molecule has 0 unspecified atom stereocenters. The first-order valence-electron chi connectivity index (χ1n) is 11.0. The van der Waals surface area contributed by atoms with Crippen molar-refractivity contribution in [3.8, 4) is 0 Å². The van der Waals surface area contributed by atoms with Gasteiger partial charge in [-0.1, -0.05) is 101 Å². The molecule has 0 N–H and O–H groups in total. The standard InChI is InChI=1S/C29H36IS/c1-27(2,3)21-9-15-24(16-10-21)31(25-17-11-22(12-18-25)28(4,5)6)26-19-13-23(14-20-26)29(7,8)30/h9-20H,1-8H3/q+1. The number of hydrogen-bond donors (Lipinski definition) is 0. The van der Waals surface area contributed by atoms with Crippen LogP contribution in [0.2, 0.25) is 0 Å². The molecule has 3 aromatic carbocycles. The molecule has 2 heteroatoms. The second-order valence-electron chi connectivity index (χ2n) is 10.9. The molecule has 3 rings (SSSR count). The Morgan fingerprint density at radius 2 is 0.710 bits per heavy atom. The van der Waals surface area contributed by atoms with Crippen LogP contribution >= 0.6 is 22.6 Å². The van der Waals surface area contributed by atoms with E-state index in [0.717, 1.165) is 0 Å². The van der Waals surface area contributed by atoms with E-state index in [2.05, 4.69) is 151 Å². The smallest absolute Gasteiger partial charge is 0.0743 e. The minimum atomic E-state index is -0.122. The average Bonchev–Trinajstić information content (AvgIpc) is 2.67. The van der Waals surface area contributed by atoms with E-state index in [1.807, 2.05) is 0 Å². The summed E-state index contributed by atoms with van der Waals surface area (Å²) in [6.45, 7) is 18.2. The highest BCUT2D eigenvalue weighted by molar-refractivity contribution is 14.1. The van der Waals surface area contributed by atoms with Gasteiger partial charge in [-0.3, -0.25) is 0 Å². The molecule has 0 nitrogen and oxygen atoms in total. The van der Waals surface area contributed by atoms with Crippen molar-refractivity contribution in [2.45, 2.75) is 84.3 Å². The fourth-order valence-corrected chi connectivity index (χ4v) is 5.98. The highest BCUT2D eigenvalue weighted by atomic mass is 127. The monoisotopic (exact) mass is 543 g/mol. The molecule has 0 fully saturated rings. The van der Waals surface area contributed by atoms with Gasteiger partial charge < -0.3 is 0 Å². The summed E-state index contributed by atoms with van der Waals surface area (Å²) in [5.74, 6) is 0. The van der Waals surface area contributed by atoms with E-state index < -0.39 is 0 Å². The fourth-order valence-electron chi connectivity index (χ4n) is 3.58. The van der Waals surface area contributed by atoms with E-state index >= 15 is 0 Å². The SMILES string of the molecule is CC(C)(C)c1ccc([S+](c2ccc(C(C)(C)C)cc2)c2ccc(C(C)(C)I)cc2)cc1. The van der Waals surface area contributed by atoms with Crippen LogP contribution in [0, 0.1) is 0 Å². The zero-order chi connectivity index (χ0) is 23.0. The summed E-state index contributed by atoms with van der Waals surface area (Å²) < 4.78 is 0.137. The number of halogens is 1. The van der Waals surface area contributed by atoms with Gasteiger partial charge in [0.15, 0.2) is 14.7 Å². The van der Waals surface area contributed by atoms with Gasteiger partial charge in [-0.05, 0) is 77.8 Å². The molecule has 0 aliphatic carbocycles. The highest BCUT2D eigenvalue weighted by Gasteiger charge is 2.30. The average molecular weight is 544 g/mol. The number of alkyl halides is 1. The summed E-state index contributed by atoms with van der Waals surface area (Å²) in [5, 5.41) is 0. The molecule has 3 aromatic rings. The lowest BCUT2D eigenvalue weighted by Gasteiger charge is -2.20. The van der Waals surface area contributed by atoms with Crippen LogP contribution in [0.3, 0.4) is 0 Å². The Kier molecular flexibility index (Phi) is 7.03. The number of rotatable bonds is 4. The van der Waals surface area contributed by atoms with E-state index in [-0.39, 0.29) is 25.1 Å². The predicted octanol–water partition coefficient (Wildman–Crippen LogP) is 9.05. The molecule has 0 heterocycles. The van der Waals surface area contributed by atoms with Gasteiger partial charge in [0.25, 0.3) is 0 Å². The molecule has 0 aliphatic rings. The lowest BCUT2D eigenvalue weighted by Crippen LogP contribution is -2.13. The third-order valence-electron chi connectivity index (χ3n) is 5.69. The Morgan fingerprint density at radius 3 is 0.935 bits per heavy atom. The maximum atomic E-state index is 2.52. The van der Waals surface area contributed by atoms with Gasteiger partial charge in [0, 0.05) is 3.42 Å². The van der Waals surface area contributed by atoms with Crippen molar-refractivity contribution in [3.63, 3.8) is 0 Å². The lowest BCUT2D eigenvalue weighted by atomic mass is 9.87. The van der Waals surface area contributed by atoms with Gasteiger partial charge in [0.2, 0.25) is 0 Å². The molecule has 0 bridgehead atoms. The molecule has 0 saturated heterocycles. The summed E-state index contributed by atoms with van der Waals surface area (Å²) in [7, 11) is -0.122. The Hall–Kier alpha value is -1.26. The van der Waals surface area contributed by atoms with Gasteiger partial charge in [0.1, 0.15) is 0 Å². The molecule has 0 saturated carbocycles. The van der Waals surface area contributed by atoms with Crippen LogP contribution in [0.5, 0.6) is 0 Å². The third kappa shape index (κ3) is 5.96. The minimum Gasteiger partial charge on any atom is -0.0743 e. The highest BCUT2D eigenvalue weighted by Crippen LogP contribution is 2.36. The van der Waals surface area contributed by atoms with Crippen molar-refractivity contribution in [1.82, 2.24) is 0 Å². The molecule has 0 amide bonds. The Balaban J connectivity index is 2.08. The predicted molar refractivity (Wildman–Crippen MR) is 146 cm³/mol. The first-order valence-corrected chi connectivity index (χ1v) is 13.3. The molecule has 0 aliphatic heterocycles. The molecular weight excluding hydrogens is 507 g/mol. The van der Waals surface area contributed by atoms with Gasteiger partial charge in [-0.15, -0.1) is 0 Å². The van der Waals surface area contributed by atoms with Crippen LogP contribution in [-0.4, -0.2) is 0 Å². The Morgan fingerprint density at radius 1 is 0.452 bits per heavy atom. The zero-order valence-electron chi connectivity index (χ0n) is 20.2. The molecular formula is C29H36IS+. The number of benzene rings is 3. The van der Waals surface area contributed by atoms with Crippen molar-refractivity contribution in [2.24, 2.45) is 0 Å².